The van der Waals surface area contributed by atoms with Gasteiger partial charge in [-0.05, 0) is 103 Å². The summed E-state index contributed by atoms with van der Waals surface area (Å²) in [6.07, 6.45) is -0.972. The molecule has 8 N–H and O–H groups in total. The number of hydrogen-bond acceptors (Lipinski definition) is 12. The van der Waals surface area contributed by atoms with Crippen molar-refractivity contribution < 1.29 is 58.6 Å². The SMILES string of the molecule is CC[C@H]1OC(=O)[C@H](C)C(O)[C@H](C)[C@@H](O)[C@](C)(O)C[C@@H](C)CN[C@H](C)C(OC(=O)NCCNC(=O)[C@H]2[C@H](C)CC3C4CC=C5CC(=O)C=C[C@]5(C)[C@@]4(F)[C@@H](O)C[C@@]32C)[C@]1(C)O. The number of nitrogens with one attached hydrogen (secondary N) is 3. The number of halogens is 1. The highest BCUT2D eigenvalue weighted by atomic mass is 19.1. The molecule has 0 aromatic rings. The van der Waals surface area contributed by atoms with Crippen molar-refractivity contribution >= 4 is 23.8 Å². The number of carbonyl (C=O) groups is 4. The Bertz CT molecular complexity index is 1690. The van der Waals surface area contributed by atoms with Crippen LogP contribution in [0.2, 0.25) is 0 Å². The average Bonchev–Trinajstić information content (AvgIpc) is 3.44. The standard InChI is InChI=1S/C45H72FN3O11/c1-11-33-44(10,58)37(27(6)49-22-23(2)20-43(9,57)36(53)25(4)35(52)26(5)39(55)59-33)60-40(56)48-17-16-47-38(54)34-24(3)18-31-30-13-12-28-19-29(50)14-15-42(28,8)45(30,46)32(51)21-41(31,34)7/h12,14-15,23-27,30-37,49,51-53,57-58H,11,13,16-22H2,1-10H3,(H,47,54)(H,48,56)/t23-,24-,25+,26-,27-,30?,31?,32+,33-,34-,35?,36-,37?,41+,42+,43-,44-,45+/m1/s1. The van der Waals surface area contributed by atoms with Crippen LogP contribution in [0, 0.1) is 52.3 Å². The quantitative estimate of drug-likeness (QED) is 0.110. The minimum Gasteiger partial charge on any atom is -0.459 e. The Hall–Kier alpha value is -2.95. The molecule has 0 aromatic heterocycles. The Kier molecular flexibility index (Phi) is 14.2. The molecule has 18 atom stereocenters. The summed E-state index contributed by atoms with van der Waals surface area (Å²) < 4.78 is 29.2. The first-order valence-corrected chi connectivity index (χ1v) is 22.0. The van der Waals surface area contributed by atoms with Gasteiger partial charge in [0, 0.05) is 48.7 Å². The van der Waals surface area contributed by atoms with Crippen molar-refractivity contribution in [2.75, 3.05) is 19.6 Å². The molecular formula is C45H72FN3O11. The zero-order valence-electron chi connectivity index (χ0n) is 37.2. The molecule has 1 aliphatic heterocycles. The van der Waals surface area contributed by atoms with E-state index in [1.54, 1.807) is 33.8 Å². The van der Waals surface area contributed by atoms with Crippen LogP contribution in [0.3, 0.4) is 0 Å². The number of rotatable bonds is 6. The number of aliphatic hydroxyl groups excluding tert-OH is 3. The van der Waals surface area contributed by atoms with Gasteiger partial charge >= 0.3 is 12.1 Å². The summed E-state index contributed by atoms with van der Waals surface area (Å²) in [7, 11) is 0. The first kappa shape index (κ1) is 48.1. The van der Waals surface area contributed by atoms with Gasteiger partial charge in [-0.1, -0.05) is 52.3 Å². The second kappa shape index (κ2) is 17.7. The molecular weight excluding hydrogens is 778 g/mol. The van der Waals surface area contributed by atoms with Crippen molar-refractivity contribution in [3.8, 4) is 0 Å². The maximum atomic E-state index is 17.5. The highest BCUT2D eigenvalue weighted by Gasteiger charge is 2.71. The van der Waals surface area contributed by atoms with E-state index in [9.17, 15) is 44.7 Å². The number of ether oxygens (including phenoxy) is 2. The lowest BCUT2D eigenvalue weighted by atomic mass is 9.46. The number of carbonyl (C=O) groups excluding carboxylic acids is 4. The Morgan fingerprint density at radius 1 is 0.983 bits per heavy atom. The van der Waals surface area contributed by atoms with Gasteiger partial charge in [-0.2, -0.15) is 0 Å². The summed E-state index contributed by atoms with van der Waals surface area (Å²) in [5, 5.41) is 65.8. The second-order valence-corrected chi connectivity index (χ2v) is 20.1. The summed E-state index contributed by atoms with van der Waals surface area (Å²) in [4.78, 5) is 52.9. The number of alkyl carbamates (subject to hydrolysis) is 1. The van der Waals surface area contributed by atoms with E-state index in [2.05, 4.69) is 16.0 Å². The molecule has 0 bridgehead atoms. The van der Waals surface area contributed by atoms with Crippen molar-refractivity contribution in [1.82, 2.24) is 16.0 Å². The van der Waals surface area contributed by atoms with Crippen LogP contribution in [0.5, 0.6) is 0 Å². The van der Waals surface area contributed by atoms with Crippen LogP contribution in [0.25, 0.3) is 0 Å². The number of hydrogen-bond donors (Lipinski definition) is 8. The molecule has 340 valence electrons. The number of allylic oxidation sites excluding steroid dienone is 4. The van der Waals surface area contributed by atoms with E-state index < -0.39 is 100.0 Å². The third-order valence-electron chi connectivity index (χ3n) is 15.6. The van der Waals surface area contributed by atoms with Gasteiger partial charge in [-0.15, -0.1) is 0 Å². The fraction of sp³-hybridized carbons (Fsp3) is 0.822. The molecule has 5 aliphatic rings. The molecule has 14 nitrogen and oxygen atoms in total. The largest absolute Gasteiger partial charge is 0.459 e. The molecule has 0 radical (unpaired) electrons. The van der Waals surface area contributed by atoms with Crippen molar-refractivity contribution in [2.45, 2.75) is 161 Å². The van der Waals surface area contributed by atoms with Crippen molar-refractivity contribution in [3.63, 3.8) is 0 Å². The van der Waals surface area contributed by atoms with Gasteiger partial charge in [0.2, 0.25) is 5.91 Å². The lowest BCUT2D eigenvalue weighted by Gasteiger charge is -2.61. The summed E-state index contributed by atoms with van der Waals surface area (Å²) >= 11 is 0. The molecule has 1 saturated heterocycles. The van der Waals surface area contributed by atoms with Crippen LogP contribution < -0.4 is 16.0 Å². The van der Waals surface area contributed by atoms with Crippen LogP contribution in [0.15, 0.2) is 23.8 Å². The van der Waals surface area contributed by atoms with Gasteiger partial charge in [0.1, 0.15) is 11.7 Å². The minimum atomic E-state index is -1.99. The van der Waals surface area contributed by atoms with Crippen LogP contribution in [-0.2, 0) is 23.9 Å². The van der Waals surface area contributed by atoms with Crippen LogP contribution in [0.4, 0.5) is 9.18 Å². The topological polar surface area (TPSA) is 224 Å². The van der Waals surface area contributed by atoms with E-state index in [1.165, 1.54) is 26.8 Å². The second-order valence-electron chi connectivity index (χ2n) is 20.1. The minimum absolute atomic E-state index is 0.0336. The van der Waals surface area contributed by atoms with Gasteiger partial charge in [0.25, 0.3) is 0 Å². The van der Waals surface area contributed by atoms with Crippen LogP contribution in [-0.4, -0.2) is 122 Å². The monoisotopic (exact) mass is 850 g/mol. The van der Waals surface area contributed by atoms with E-state index in [0.29, 0.717) is 18.4 Å². The number of alkyl halides is 1. The molecule has 4 aliphatic carbocycles. The molecule has 2 saturated carbocycles. The van der Waals surface area contributed by atoms with E-state index in [0.717, 1.165) is 0 Å². The van der Waals surface area contributed by atoms with Crippen LogP contribution >= 0.6 is 0 Å². The molecule has 2 amide bonds. The average molecular weight is 850 g/mol. The normalized spacial score (nSPS) is 47.6. The molecule has 15 heteroatoms. The molecule has 5 rings (SSSR count). The van der Waals surface area contributed by atoms with Crippen molar-refractivity contribution in [1.29, 1.82) is 0 Å². The maximum Gasteiger partial charge on any atom is 0.407 e. The molecule has 3 fully saturated rings. The van der Waals surface area contributed by atoms with Gasteiger partial charge in [-0.3, -0.25) is 14.4 Å². The lowest BCUT2D eigenvalue weighted by Crippen LogP contribution is -2.66. The zero-order valence-corrected chi connectivity index (χ0v) is 37.2. The van der Waals surface area contributed by atoms with Gasteiger partial charge in [-0.25, -0.2) is 9.18 Å². The summed E-state index contributed by atoms with van der Waals surface area (Å²) in [5.41, 5.74) is -6.65. The maximum absolute atomic E-state index is 17.5. The molecule has 0 spiro atoms. The molecule has 0 aromatic carbocycles. The Morgan fingerprint density at radius 3 is 2.28 bits per heavy atom. The predicted octanol–water partition coefficient (Wildman–Crippen LogP) is 3.27. The number of cyclic esters (lactones) is 1. The van der Waals surface area contributed by atoms with Crippen molar-refractivity contribution in [3.05, 3.63) is 23.8 Å². The van der Waals surface area contributed by atoms with Crippen LogP contribution in [0.1, 0.15) is 108 Å². The Morgan fingerprint density at radius 2 is 1.63 bits per heavy atom. The van der Waals surface area contributed by atoms with Crippen molar-refractivity contribution in [2.24, 2.45) is 52.3 Å². The molecule has 60 heavy (non-hydrogen) atoms. The third-order valence-corrected chi connectivity index (χ3v) is 15.6. The molecule has 1 heterocycles. The Labute approximate surface area is 354 Å². The fourth-order valence-corrected chi connectivity index (χ4v) is 12.2. The lowest BCUT2D eigenvalue weighted by molar-refractivity contribution is -0.190. The Balaban J connectivity index is 1.25. The molecule has 4 unspecified atom stereocenters. The number of fused-ring (bicyclic) bond motifs is 5. The number of aliphatic hydroxyl groups is 5. The van der Waals surface area contributed by atoms with Gasteiger partial charge < -0.3 is 51.0 Å². The fourth-order valence-electron chi connectivity index (χ4n) is 12.2. The summed E-state index contributed by atoms with van der Waals surface area (Å²) in [6.45, 7) is 17.1. The van der Waals surface area contributed by atoms with E-state index in [-0.39, 0.29) is 74.8 Å². The highest BCUT2D eigenvalue weighted by molar-refractivity contribution is 5.93. The first-order chi connectivity index (χ1) is 27.8. The summed E-state index contributed by atoms with van der Waals surface area (Å²) in [6, 6.07) is -0.709. The smallest absolute Gasteiger partial charge is 0.407 e. The third kappa shape index (κ3) is 8.56. The first-order valence-electron chi connectivity index (χ1n) is 22.0. The van der Waals surface area contributed by atoms with E-state index >= 15 is 4.39 Å². The van der Waals surface area contributed by atoms with Gasteiger partial charge in [0.05, 0.1) is 29.8 Å². The predicted molar refractivity (Wildman–Crippen MR) is 221 cm³/mol. The van der Waals surface area contributed by atoms with E-state index in [4.69, 9.17) is 9.47 Å². The van der Waals surface area contributed by atoms with E-state index in [1.807, 2.05) is 26.8 Å². The zero-order chi connectivity index (χ0) is 44.9. The summed E-state index contributed by atoms with van der Waals surface area (Å²) in [5.74, 6) is -4.80. The van der Waals surface area contributed by atoms with Gasteiger partial charge in [0.15, 0.2) is 17.6 Å². The highest BCUT2D eigenvalue weighted by Crippen LogP contribution is 2.69. The number of amides is 2. The number of ketones is 1. The number of esters is 1.